The molecule has 1 rings (SSSR count). The molecule has 19 heavy (non-hydrogen) atoms. The lowest BCUT2D eigenvalue weighted by atomic mass is 9.73. The molecule has 5 nitrogen and oxygen atoms in total. The van der Waals surface area contributed by atoms with E-state index in [2.05, 4.69) is 10.6 Å². The first-order valence-electron chi connectivity index (χ1n) is 6.86. The molecule has 0 aromatic rings. The summed E-state index contributed by atoms with van der Waals surface area (Å²) in [7, 11) is 0. The molecule has 110 valence electrons. The van der Waals surface area contributed by atoms with Crippen LogP contribution in [0.1, 0.15) is 39.5 Å². The fraction of sp³-hybridized carbons (Fsp3) is 0.846. The second-order valence-corrected chi connectivity index (χ2v) is 5.29. The molecule has 0 saturated heterocycles. The molecular formula is C13H23ClN2O3. The van der Waals surface area contributed by atoms with E-state index in [4.69, 9.17) is 16.3 Å². The first-order chi connectivity index (χ1) is 9.06. The predicted octanol–water partition coefficient (Wildman–Crippen LogP) is 2.04. The second kappa shape index (κ2) is 7.58. The Labute approximate surface area is 119 Å². The van der Waals surface area contributed by atoms with Crippen LogP contribution >= 0.6 is 11.6 Å². The first-order valence-corrected chi connectivity index (χ1v) is 7.39. The zero-order valence-electron chi connectivity index (χ0n) is 11.6. The van der Waals surface area contributed by atoms with E-state index in [1.165, 1.54) is 0 Å². The number of halogens is 1. The molecule has 1 fully saturated rings. The molecule has 1 aliphatic rings. The van der Waals surface area contributed by atoms with Crippen molar-refractivity contribution < 1.29 is 14.3 Å². The van der Waals surface area contributed by atoms with E-state index in [1.54, 1.807) is 6.92 Å². The van der Waals surface area contributed by atoms with Crippen LogP contribution in [0.3, 0.4) is 0 Å². The molecule has 2 unspecified atom stereocenters. The molecular weight excluding hydrogens is 268 g/mol. The van der Waals surface area contributed by atoms with Crippen LogP contribution in [0, 0.1) is 5.92 Å². The van der Waals surface area contributed by atoms with Crippen LogP contribution in [0.2, 0.25) is 0 Å². The Hall–Kier alpha value is -0.970. The zero-order chi connectivity index (χ0) is 14.3. The molecule has 0 bridgehead atoms. The van der Waals surface area contributed by atoms with Crippen molar-refractivity contribution in [1.82, 2.24) is 10.6 Å². The average molecular weight is 291 g/mol. The lowest BCUT2D eigenvalue weighted by molar-refractivity contribution is -0.154. The van der Waals surface area contributed by atoms with Gasteiger partial charge in [0.2, 0.25) is 0 Å². The van der Waals surface area contributed by atoms with Gasteiger partial charge in [0.1, 0.15) is 5.54 Å². The first kappa shape index (κ1) is 16.1. The Bertz CT molecular complexity index is 325. The molecule has 0 aromatic heterocycles. The number of carbonyl (C=O) groups excluding carboxylic acids is 2. The minimum atomic E-state index is -0.898. The van der Waals surface area contributed by atoms with Crippen LogP contribution in [-0.2, 0) is 9.53 Å². The Balaban J connectivity index is 2.79. The van der Waals surface area contributed by atoms with Gasteiger partial charge in [0.15, 0.2) is 0 Å². The van der Waals surface area contributed by atoms with E-state index in [9.17, 15) is 9.59 Å². The van der Waals surface area contributed by atoms with Crippen LogP contribution < -0.4 is 10.6 Å². The van der Waals surface area contributed by atoms with E-state index in [1.807, 2.05) is 6.92 Å². The van der Waals surface area contributed by atoms with Gasteiger partial charge >= 0.3 is 12.0 Å². The molecule has 0 aliphatic heterocycles. The Morgan fingerprint density at radius 3 is 2.74 bits per heavy atom. The third-order valence-corrected chi connectivity index (χ3v) is 3.84. The highest BCUT2D eigenvalue weighted by Crippen LogP contribution is 2.34. The average Bonchev–Trinajstić information content (AvgIpc) is 2.39. The van der Waals surface area contributed by atoms with Gasteiger partial charge in [-0.25, -0.2) is 9.59 Å². The van der Waals surface area contributed by atoms with Crippen LogP contribution in [0.25, 0.3) is 0 Å². The molecule has 2 amide bonds. The number of esters is 1. The standard InChI is InChI=1S/C13H23ClN2O3/c1-3-19-11(17)13(7-5-4-6-10(13)2)16-12(18)15-9-8-14/h10H,3-9H2,1-2H3,(H2,15,16,18). The Morgan fingerprint density at radius 2 is 2.16 bits per heavy atom. The van der Waals surface area contributed by atoms with Gasteiger partial charge < -0.3 is 15.4 Å². The van der Waals surface area contributed by atoms with Crippen LogP contribution in [0.15, 0.2) is 0 Å². The predicted molar refractivity (Wildman–Crippen MR) is 74.3 cm³/mol. The summed E-state index contributed by atoms with van der Waals surface area (Å²) in [5.74, 6) is 0.0836. The number of alkyl halides is 1. The molecule has 0 aromatic carbocycles. The van der Waals surface area contributed by atoms with Gasteiger partial charge in [-0.05, 0) is 25.7 Å². The molecule has 0 heterocycles. The lowest BCUT2D eigenvalue weighted by Gasteiger charge is -2.40. The minimum absolute atomic E-state index is 0.0713. The number of nitrogens with one attached hydrogen (secondary N) is 2. The number of urea groups is 1. The fourth-order valence-electron chi connectivity index (χ4n) is 2.55. The van der Waals surface area contributed by atoms with Crippen molar-refractivity contribution in [2.45, 2.75) is 45.1 Å². The largest absolute Gasteiger partial charge is 0.464 e. The molecule has 1 saturated carbocycles. The second-order valence-electron chi connectivity index (χ2n) is 4.91. The monoisotopic (exact) mass is 290 g/mol. The van der Waals surface area contributed by atoms with Crippen molar-refractivity contribution in [3.63, 3.8) is 0 Å². The van der Waals surface area contributed by atoms with E-state index < -0.39 is 5.54 Å². The highest BCUT2D eigenvalue weighted by molar-refractivity contribution is 6.18. The van der Waals surface area contributed by atoms with Gasteiger partial charge in [-0.15, -0.1) is 11.6 Å². The number of rotatable bonds is 5. The maximum Gasteiger partial charge on any atom is 0.332 e. The number of amides is 2. The summed E-state index contributed by atoms with van der Waals surface area (Å²) in [6, 6.07) is -0.359. The SMILES string of the molecule is CCOC(=O)C1(NC(=O)NCCCl)CCCCC1C. The van der Waals surface area contributed by atoms with Crippen molar-refractivity contribution in [3.8, 4) is 0 Å². The highest BCUT2D eigenvalue weighted by atomic mass is 35.5. The van der Waals surface area contributed by atoms with Gasteiger partial charge in [0, 0.05) is 12.4 Å². The number of hydrogen-bond acceptors (Lipinski definition) is 3. The van der Waals surface area contributed by atoms with Crippen LogP contribution in [-0.4, -0.2) is 36.6 Å². The van der Waals surface area contributed by atoms with E-state index in [0.29, 0.717) is 25.5 Å². The van der Waals surface area contributed by atoms with Gasteiger partial charge in [0.25, 0.3) is 0 Å². The summed E-state index contributed by atoms with van der Waals surface area (Å²) in [6.07, 6.45) is 3.53. The number of ether oxygens (including phenoxy) is 1. The van der Waals surface area contributed by atoms with Crippen molar-refractivity contribution in [1.29, 1.82) is 0 Å². The van der Waals surface area contributed by atoms with Gasteiger partial charge in [0.05, 0.1) is 6.61 Å². The Morgan fingerprint density at radius 1 is 1.42 bits per heavy atom. The molecule has 2 atom stereocenters. The van der Waals surface area contributed by atoms with Crippen LogP contribution in [0.5, 0.6) is 0 Å². The normalized spacial score (nSPS) is 26.6. The third kappa shape index (κ3) is 4.00. The summed E-state index contributed by atoms with van der Waals surface area (Å²) in [4.78, 5) is 24.1. The molecule has 0 radical (unpaired) electrons. The van der Waals surface area contributed by atoms with E-state index in [0.717, 1.165) is 19.3 Å². The summed E-state index contributed by atoms with van der Waals surface area (Å²) < 4.78 is 5.15. The maximum atomic E-state index is 12.2. The topological polar surface area (TPSA) is 67.4 Å². The fourth-order valence-corrected chi connectivity index (χ4v) is 2.65. The number of carbonyl (C=O) groups is 2. The highest BCUT2D eigenvalue weighted by Gasteiger charge is 2.47. The third-order valence-electron chi connectivity index (χ3n) is 3.66. The van der Waals surface area contributed by atoms with Crippen molar-refractivity contribution in [3.05, 3.63) is 0 Å². The van der Waals surface area contributed by atoms with Crippen molar-refractivity contribution in [2.75, 3.05) is 19.0 Å². The van der Waals surface area contributed by atoms with Gasteiger partial charge in [-0.3, -0.25) is 0 Å². The minimum Gasteiger partial charge on any atom is -0.464 e. The van der Waals surface area contributed by atoms with E-state index in [-0.39, 0.29) is 17.9 Å². The number of hydrogen-bond donors (Lipinski definition) is 2. The molecule has 1 aliphatic carbocycles. The molecule has 2 N–H and O–H groups in total. The quantitative estimate of drug-likeness (QED) is 0.601. The van der Waals surface area contributed by atoms with Gasteiger partial charge in [-0.1, -0.05) is 19.8 Å². The molecule has 6 heteroatoms. The zero-order valence-corrected chi connectivity index (χ0v) is 12.4. The summed E-state index contributed by atoms with van der Waals surface area (Å²) >= 11 is 5.53. The summed E-state index contributed by atoms with van der Waals surface area (Å²) in [5, 5.41) is 5.45. The van der Waals surface area contributed by atoms with Gasteiger partial charge in [-0.2, -0.15) is 0 Å². The lowest BCUT2D eigenvalue weighted by Crippen LogP contribution is -2.62. The van der Waals surface area contributed by atoms with Crippen molar-refractivity contribution >= 4 is 23.6 Å². The Kier molecular flexibility index (Phi) is 6.42. The smallest absolute Gasteiger partial charge is 0.332 e. The van der Waals surface area contributed by atoms with Crippen molar-refractivity contribution in [2.24, 2.45) is 5.92 Å². The summed E-state index contributed by atoms with van der Waals surface area (Å²) in [5.41, 5.74) is -0.898. The maximum absolute atomic E-state index is 12.2. The van der Waals surface area contributed by atoms with E-state index >= 15 is 0 Å². The van der Waals surface area contributed by atoms with Crippen LogP contribution in [0.4, 0.5) is 4.79 Å². The molecule has 0 spiro atoms. The summed E-state index contributed by atoms with van der Waals surface area (Å²) in [6.45, 7) is 4.45.